The van der Waals surface area contributed by atoms with Crippen LogP contribution in [-0.4, -0.2) is 18.1 Å². The molecule has 15 heavy (non-hydrogen) atoms. The number of H-pyrrole nitrogens is 1. The van der Waals surface area contributed by atoms with Crippen LogP contribution in [0, 0.1) is 0 Å². The monoisotopic (exact) mass is 204 g/mol. The highest BCUT2D eigenvalue weighted by atomic mass is 16.5. The molecule has 0 amide bonds. The zero-order valence-corrected chi connectivity index (χ0v) is 9.29. The molecule has 0 saturated heterocycles. The van der Waals surface area contributed by atoms with Gasteiger partial charge in [-0.15, -0.1) is 0 Å². The number of aromatic amines is 1. The van der Waals surface area contributed by atoms with E-state index in [1.807, 2.05) is 12.3 Å². The molecule has 2 N–H and O–H groups in total. The van der Waals surface area contributed by atoms with Crippen molar-refractivity contribution in [2.75, 3.05) is 12.4 Å². The molecule has 1 aromatic carbocycles. The third-order valence-corrected chi connectivity index (χ3v) is 2.35. The van der Waals surface area contributed by atoms with Gasteiger partial charge in [0.25, 0.3) is 0 Å². The van der Waals surface area contributed by atoms with Gasteiger partial charge in [-0.2, -0.15) is 0 Å². The summed E-state index contributed by atoms with van der Waals surface area (Å²) in [4.78, 5) is 3.19. The first-order valence-corrected chi connectivity index (χ1v) is 5.13. The highest BCUT2D eigenvalue weighted by Crippen LogP contribution is 2.30. The third-order valence-electron chi connectivity index (χ3n) is 2.35. The minimum atomic E-state index is 0.427. The van der Waals surface area contributed by atoms with E-state index < -0.39 is 0 Å². The Bertz CT molecular complexity index is 460. The SMILES string of the molecule is COc1ccc(NC(C)C)c2cc[nH]c12. The highest BCUT2D eigenvalue weighted by Gasteiger charge is 2.07. The molecule has 2 aromatic rings. The molecule has 1 heterocycles. The maximum absolute atomic E-state index is 5.29. The molecule has 2 rings (SSSR count). The van der Waals surface area contributed by atoms with E-state index in [4.69, 9.17) is 4.74 Å². The Morgan fingerprint density at radius 2 is 2.07 bits per heavy atom. The molecular weight excluding hydrogens is 188 g/mol. The van der Waals surface area contributed by atoms with Crippen LogP contribution in [0.3, 0.4) is 0 Å². The molecule has 0 aliphatic rings. The fourth-order valence-electron chi connectivity index (χ4n) is 1.74. The van der Waals surface area contributed by atoms with Crippen LogP contribution in [0.2, 0.25) is 0 Å². The number of anilines is 1. The van der Waals surface area contributed by atoms with E-state index >= 15 is 0 Å². The van der Waals surface area contributed by atoms with Crippen LogP contribution in [0.1, 0.15) is 13.8 Å². The number of aromatic nitrogens is 1. The van der Waals surface area contributed by atoms with Crippen LogP contribution in [0.5, 0.6) is 5.75 Å². The first-order chi connectivity index (χ1) is 7.22. The lowest BCUT2D eigenvalue weighted by Crippen LogP contribution is -2.09. The van der Waals surface area contributed by atoms with Crippen molar-refractivity contribution >= 4 is 16.6 Å². The first kappa shape index (κ1) is 9.90. The van der Waals surface area contributed by atoms with E-state index in [1.54, 1.807) is 7.11 Å². The second-order valence-electron chi connectivity index (χ2n) is 3.88. The first-order valence-electron chi connectivity index (χ1n) is 5.13. The Balaban J connectivity index is 2.53. The molecule has 0 radical (unpaired) electrons. The molecule has 0 fully saturated rings. The van der Waals surface area contributed by atoms with E-state index in [2.05, 4.69) is 36.3 Å². The zero-order chi connectivity index (χ0) is 10.8. The Labute approximate surface area is 89.4 Å². The van der Waals surface area contributed by atoms with Gasteiger partial charge in [0.1, 0.15) is 5.75 Å². The summed E-state index contributed by atoms with van der Waals surface area (Å²) in [6.07, 6.45) is 1.93. The van der Waals surface area contributed by atoms with Crippen molar-refractivity contribution in [3.8, 4) is 5.75 Å². The summed E-state index contributed by atoms with van der Waals surface area (Å²) in [5, 5.41) is 4.58. The van der Waals surface area contributed by atoms with Crippen LogP contribution in [0.4, 0.5) is 5.69 Å². The second kappa shape index (κ2) is 3.85. The van der Waals surface area contributed by atoms with Gasteiger partial charge < -0.3 is 15.0 Å². The second-order valence-corrected chi connectivity index (χ2v) is 3.88. The fourth-order valence-corrected chi connectivity index (χ4v) is 1.74. The summed E-state index contributed by atoms with van der Waals surface area (Å²) >= 11 is 0. The van der Waals surface area contributed by atoms with Crippen molar-refractivity contribution < 1.29 is 4.74 Å². The Morgan fingerprint density at radius 1 is 1.27 bits per heavy atom. The quantitative estimate of drug-likeness (QED) is 0.806. The van der Waals surface area contributed by atoms with Crippen molar-refractivity contribution in [3.05, 3.63) is 24.4 Å². The largest absolute Gasteiger partial charge is 0.495 e. The normalized spacial score (nSPS) is 10.9. The Kier molecular flexibility index (Phi) is 2.54. The lowest BCUT2D eigenvalue weighted by molar-refractivity contribution is 0.419. The molecule has 0 saturated carbocycles. The van der Waals surface area contributed by atoms with Gasteiger partial charge in [-0.25, -0.2) is 0 Å². The van der Waals surface area contributed by atoms with Gasteiger partial charge in [0.2, 0.25) is 0 Å². The minimum Gasteiger partial charge on any atom is -0.495 e. The van der Waals surface area contributed by atoms with Crippen LogP contribution < -0.4 is 10.1 Å². The molecule has 80 valence electrons. The molecule has 0 aliphatic carbocycles. The topological polar surface area (TPSA) is 37.0 Å². The Hall–Kier alpha value is -1.64. The maximum atomic E-state index is 5.29. The van der Waals surface area contributed by atoms with Crippen LogP contribution in [-0.2, 0) is 0 Å². The number of nitrogens with one attached hydrogen (secondary N) is 2. The molecule has 3 heteroatoms. The molecular formula is C12H16N2O. The molecule has 0 unspecified atom stereocenters. The maximum Gasteiger partial charge on any atom is 0.143 e. The predicted molar refractivity (Wildman–Crippen MR) is 63.6 cm³/mol. The van der Waals surface area contributed by atoms with Gasteiger partial charge in [-0.3, -0.25) is 0 Å². The van der Waals surface area contributed by atoms with E-state index in [-0.39, 0.29) is 0 Å². The minimum absolute atomic E-state index is 0.427. The van der Waals surface area contributed by atoms with Crippen molar-refractivity contribution in [2.24, 2.45) is 0 Å². The number of rotatable bonds is 3. The van der Waals surface area contributed by atoms with Crippen LogP contribution >= 0.6 is 0 Å². The lowest BCUT2D eigenvalue weighted by atomic mass is 10.2. The molecule has 0 aliphatic heterocycles. The summed E-state index contributed by atoms with van der Waals surface area (Å²) in [5.41, 5.74) is 2.19. The number of ether oxygens (including phenoxy) is 1. The predicted octanol–water partition coefficient (Wildman–Crippen LogP) is 3.00. The molecule has 0 spiro atoms. The van der Waals surface area contributed by atoms with E-state index in [9.17, 15) is 0 Å². The Morgan fingerprint density at radius 3 is 2.73 bits per heavy atom. The van der Waals surface area contributed by atoms with Crippen LogP contribution in [0.25, 0.3) is 10.9 Å². The summed E-state index contributed by atoms with van der Waals surface area (Å²) < 4.78 is 5.29. The molecule has 0 bridgehead atoms. The molecule has 3 nitrogen and oxygen atoms in total. The molecule has 1 aromatic heterocycles. The molecule has 0 atom stereocenters. The van der Waals surface area contributed by atoms with Crippen molar-refractivity contribution in [1.82, 2.24) is 4.98 Å². The average Bonchev–Trinajstić information content (AvgIpc) is 2.66. The zero-order valence-electron chi connectivity index (χ0n) is 9.29. The van der Waals surface area contributed by atoms with E-state index in [0.29, 0.717) is 6.04 Å². The van der Waals surface area contributed by atoms with E-state index in [0.717, 1.165) is 17.0 Å². The van der Waals surface area contributed by atoms with Crippen LogP contribution in [0.15, 0.2) is 24.4 Å². The van der Waals surface area contributed by atoms with Gasteiger partial charge in [-0.1, -0.05) is 0 Å². The van der Waals surface area contributed by atoms with Gasteiger partial charge in [0, 0.05) is 23.3 Å². The third kappa shape index (κ3) is 1.77. The van der Waals surface area contributed by atoms with Gasteiger partial charge in [-0.05, 0) is 32.0 Å². The highest BCUT2D eigenvalue weighted by molar-refractivity contribution is 5.95. The summed E-state index contributed by atoms with van der Waals surface area (Å²) in [7, 11) is 1.69. The summed E-state index contributed by atoms with van der Waals surface area (Å²) in [6.45, 7) is 4.26. The van der Waals surface area contributed by atoms with Gasteiger partial charge in [0.15, 0.2) is 0 Å². The standard InChI is InChI=1S/C12H16N2O/c1-8(2)14-10-4-5-11(15-3)12-9(10)6-7-13-12/h4-8,13-14H,1-3H3. The average molecular weight is 204 g/mol. The van der Waals surface area contributed by atoms with Crippen molar-refractivity contribution in [2.45, 2.75) is 19.9 Å². The van der Waals surface area contributed by atoms with Crippen molar-refractivity contribution in [3.63, 3.8) is 0 Å². The fraction of sp³-hybridized carbons (Fsp3) is 0.333. The van der Waals surface area contributed by atoms with Crippen molar-refractivity contribution in [1.29, 1.82) is 0 Å². The van der Waals surface area contributed by atoms with E-state index in [1.165, 1.54) is 5.39 Å². The summed E-state index contributed by atoms with van der Waals surface area (Å²) in [5.74, 6) is 0.879. The van der Waals surface area contributed by atoms with Gasteiger partial charge >= 0.3 is 0 Å². The number of hydrogen-bond acceptors (Lipinski definition) is 2. The summed E-state index contributed by atoms with van der Waals surface area (Å²) in [6, 6.07) is 6.51. The van der Waals surface area contributed by atoms with Gasteiger partial charge in [0.05, 0.1) is 12.6 Å². The number of hydrogen-bond donors (Lipinski definition) is 2. The number of benzene rings is 1. The smallest absolute Gasteiger partial charge is 0.143 e. The number of methoxy groups -OCH3 is 1. The lowest BCUT2D eigenvalue weighted by Gasteiger charge is -2.12. The number of fused-ring (bicyclic) bond motifs is 1.